The van der Waals surface area contributed by atoms with Gasteiger partial charge in [0.1, 0.15) is 0 Å². The van der Waals surface area contributed by atoms with E-state index in [0.29, 0.717) is 28.1 Å². The fourth-order valence-electron chi connectivity index (χ4n) is 1.80. The van der Waals surface area contributed by atoms with Gasteiger partial charge >= 0.3 is 11.9 Å². The van der Waals surface area contributed by atoms with Crippen LogP contribution in [-0.4, -0.2) is 24.7 Å². The largest absolute Gasteiger partial charge is 0.490 e. The molecule has 0 spiro atoms. The number of ether oxygens (including phenoxy) is 2. The molecular formula is C16H15BrN2O5. The van der Waals surface area contributed by atoms with E-state index in [2.05, 4.69) is 26.5 Å². The first kappa shape index (κ1) is 17.7. The fourth-order valence-corrected chi connectivity index (χ4v) is 2.34. The van der Waals surface area contributed by atoms with E-state index in [4.69, 9.17) is 13.9 Å². The van der Waals surface area contributed by atoms with Crippen molar-refractivity contribution in [1.29, 1.82) is 0 Å². The van der Waals surface area contributed by atoms with Crippen LogP contribution in [0, 0.1) is 0 Å². The summed E-state index contributed by atoms with van der Waals surface area (Å²) in [4.78, 5) is 22.9. The Morgan fingerprint density at radius 3 is 2.83 bits per heavy atom. The predicted octanol–water partition coefficient (Wildman–Crippen LogP) is 3.13. The second-order valence-corrected chi connectivity index (χ2v) is 5.39. The van der Waals surface area contributed by atoms with Crippen molar-refractivity contribution in [2.45, 2.75) is 13.8 Å². The lowest BCUT2D eigenvalue weighted by Gasteiger charge is -2.12. The van der Waals surface area contributed by atoms with Gasteiger partial charge in [-0.05, 0) is 52.7 Å². The first-order chi connectivity index (χ1) is 11.5. The molecule has 0 unspecified atom stereocenters. The molecule has 0 aliphatic heterocycles. The summed E-state index contributed by atoms with van der Waals surface area (Å²) in [5.41, 5.74) is 2.99. The number of halogens is 1. The molecule has 126 valence electrons. The average molecular weight is 395 g/mol. The van der Waals surface area contributed by atoms with Crippen molar-refractivity contribution < 1.29 is 23.5 Å². The second-order valence-electron chi connectivity index (χ2n) is 4.53. The van der Waals surface area contributed by atoms with Crippen LogP contribution < -0.4 is 14.9 Å². The van der Waals surface area contributed by atoms with Crippen LogP contribution in [0.3, 0.4) is 0 Å². The molecule has 0 aliphatic rings. The van der Waals surface area contributed by atoms with E-state index in [9.17, 15) is 9.59 Å². The van der Waals surface area contributed by atoms with Gasteiger partial charge in [-0.1, -0.05) is 0 Å². The Balaban J connectivity index is 2.16. The van der Waals surface area contributed by atoms with E-state index >= 15 is 0 Å². The number of amides is 1. The topological polar surface area (TPSA) is 90.1 Å². The monoisotopic (exact) mass is 394 g/mol. The van der Waals surface area contributed by atoms with Crippen molar-refractivity contribution in [3.05, 3.63) is 46.3 Å². The summed E-state index contributed by atoms with van der Waals surface area (Å²) < 4.78 is 16.1. The third-order valence-electron chi connectivity index (χ3n) is 2.70. The number of benzene rings is 1. The predicted molar refractivity (Wildman–Crippen MR) is 90.4 cm³/mol. The van der Waals surface area contributed by atoms with Gasteiger partial charge in [-0.3, -0.25) is 9.59 Å². The van der Waals surface area contributed by atoms with Gasteiger partial charge in [0.25, 0.3) is 0 Å². The lowest BCUT2D eigenvalue weighted by Crippen LogP contribution is -2.16. The SMILES string of the molecule is CCOc1cc(/C=N\NC(=O)c2ccco2)cc(Br)c1OC(C)=O. The maximum atomic E-state index is 11.7. The summed E-state index contributed by atoms with van der Waals surface area (Å²) in [6, 6.07) is 6.47. The summed E-state index contributed by atoms with van der Waals surface area (Å²) >= 11 is 3.33. The Hall–Kier alpha value is -2.61. The van der Waals surface area contributed by atoms with Gasteiger partial charge in [0.05, 0.1) is 23.6 Å². The number of furan rings is 1. The van der Waals surface area contributed by atoms with E-state index in [1.165, 1.54) is 25.5 Å². The summed E-state index contributed by atoms with van der Waals surface area (Å²) in [5.74, 6) is -0.0730. The standard InChI is InChI=1S/C16H15BrN2O5/c1-3-22-14-8-11(7-12(17)15(14)24-10(2)20)9-18-19-16(21)13-5-4-6-23-13/h4-9H,3H2,1-2H3,(H,19,21)/b18-9-. The molecule has 1 heterocycles. The fraction of sp³-hybridized carbons (Fsp3) is 0.188. The summed E-state index contributed by atoms with van der Waals surface area (Å²) in [6.07, 6.45) is 2.84. The van der Waals surface area contributed by atoms with Crippen LogP contribution in [-0.2, 0) is 4.79 Å². The second kappa shape index (κ2) is 8.30. The van der Waals surface area contributed by atoms with E-state index in [1.807, 2.05) is 6.92 Å². The molecule has 1 N–H and O–H groups in total. The van der Waals surface area contributed by atoms with Crippen molar-refractivity contribution in [3.63, 3.8) is 0 Å². The Labute approximate surface area is 146 Å². The first-order valence-electron chi connectivity index (χ1n) is 7.03. The van der Waals surface area contributed by atoms with Gasteiger partial charge in [0.2, 0.25) is 0 Å². The molecule has 24 heavy (non-hydrogen) atoms. The molecule has 0 saturated heterocycles. The number of hydrogen-bond donors (Lipinski definition) is 1. The molecule has 0 atom stereocenters. The van der Waals surface area contributed by atoms with Crippen LogP contribution in [0.5, 0.6) is 11.5 Å². The van der Waals surface area contributed by atoms with Crippen LogP contribution in [0.4, 0.5) is 0 Å². The molecule has 2 rings (SSSR count). The minimum absolute atomic E-state index is 0.161. The third-order valence-corrected chi connectivity index (χ3v) is 3.29. The first-order valence-corrected chi connectivity index (χ1v) is 7.82. The number of hydrogen-bond acceptors (Lipinski definition) is 6. The van der Waals surface area contributed by atoms with Gasteiger partial charge in [-0.25, -0.2) is 5.43 Å². The number of hydrazone groups is 1. The molecular weight excluding hydrogens is 380 g/mol. The number of carbonyl (C=O) groups is 2. The Morgan fingerprint density at radius 2 is 2.21 bits per heavy atom. The number of nitrogens with zero attached hydrogens (tertiary/aromatic N) is 1. The van der Waals surface area contributed by atoms with Crippen LogP contribution in [0.2, 0.25) is 0 Å². The molecule has 0 fully saturated rings. The minimum atomic E-state index is -0.461. The van der Waals surface area contributed by atoms with E-state index in [0.717, 1.165) is 0 Å². The highest BCUT2D eigenvalue weighted by Crippen LogP contribution is 2.36. The minimum Gasteiger partial charge on any atom is -0.490 e. The molecule has 1 aromatic carbocycles. The molecule has 7 nitrogen and oxygen atoms in total. The van der Waals surface area contributed by atoms with Crippen molar-refractivity contribution in [2.24, 2.45) is 5.10 Å². The maximum absolute atomic E-state index is 11.7. The van der Waals surface area contributed by atoms with E-state index < -0.39 is 11.9 Å². The van der Waals surface area contributed by atoms with Crippen molar-refractivity contribution in [2.75, 3.05) is 6.61 Å². The van der Waals surface area contributed by atoms with Crippen molar-refractivity contribution >= 4 is 34.0 Å². The Kier molecular flexibility index (Phi) is 6.14. The van der Waals surface area contributed by atoms with E-state index in [1.54, 1.807) is 18.2 Å². The molecule has 1 amide bonds. The highest BCUT2D eigenvalue weighted by atomic mass is 79.9. The molecule has 0 aliphatic carbocycles. The lowest BCUT2D eigenvalue weighted by atomic mass is 10.2. The summed E-state index contributed by atoms with van der Waals surface area (Å²) in [7, 11) is 0. The normalized spacial score (nSPS) is 10.6. The van der Waals surface area contributed by atoms with Gasteiger partial charge in [-0.15, -0.1) is 0 Å². The smallest absolute Gasteiger partial charge is 0.308 e. The quantitative estimate of drug-likeness (QED) is 0.351. The van der Waals surface area contributed by atoms with E-state index in [-0.39, 0.29) is 5.76 Å². The summed E-state index contributed by atoms with van der Waals surface area (Å²) in [5, 5.41) is 3.86. The zero-order valence-electron chi connectivity index (χ0n) is 13.0. The van der Waals surface area contributed by atoms with Crippen LogP contribution in [0.15, 0.2) is 44.5 Å². The molecule has 1 aromatic heterocycles. The van der Waals surface area contributed by atoms with Crippen LogP contribution >= 0.6 is 15.9 Å². The third kappa shape index (κ3) is 4.69. The number of nitrogens with one attached hydrogen (secondary N) is 1. The average Bonchev–Trinajstić information content (AvgIpc) is 3.05. The highest BCUT2D eigenvalue weighted by Gasteiger charge is 2.14. The van der Waals surface area contributed by atoms with Gasteiger partial charge in [0, 0.05) is 6.92 Å². The zero-order valence-corrected chi connectivity index (χ0v) is 14.6. The molecule has 0 saturated carbocycles. The van der Waals surface area contributed by atoms with Crippen LogP contribution in [0.25, 0.3) is 0 Å². The van der Waals surface area contributed by atoms with Gasteiger partial charge in [-0.2, -0.15) is 5.10 Å². The number of esters is 1. The highest BCUT2D eigenvalue weighted by molar-refractivity contribution is 9.10. The maximum Gasteiger partial charge on any atom is 0.308 e. The lowest BCUT2D eigenvalue weighted by molar-refractivity contribution is -0.132. The van der Waals surface area contributed by atoms with Gasteiger partial charge in [0.15, 0.2) is 17.3 Å². The van der Waals surface area contributed by atoms with Crippen molar-refractivity contribution in [3.8, 4) is 11.5 Å². The Bertz CT molecular complexity index is 756. The number of carbonyl (C=O) groups excluding carboxylic acids is 2. The molecule has 0 radical (unpaired) electrons. The van der Waals surface area contributed by atoms with Gasteiger partial charge < -0.3 is 13.9 Å². The number of rotatable bonds is 6. The molecule has 2 aromatic rings. The Morgan fingerprint density at radius 1 is 1.42 bits per heavy atom. The zero-order chi connectivity index (χ0) is 17.5. The summed E-state index contributed by atoms with van der Waals surface area (Å²) in [6.45, 7) is 3.52. The van der Waals surface area contributed by atoms with Crippen LogP contribution in [0.1, 0.15) is 30.0 Å². The molecule has 8 heteroatoms. The molecule has 0 bridgehead atoms. The van der Waals surface area contributed by atoms with Crippen molar-refractivity contribution in [1.82, 2.24) is 5.43 Å².